The molecule has 1 nitrogen and oxygen atoms in total. The molecule has 0 spiro atoms. The molecular weight excluding hydrogens is 206 g/mol. The molecule has 0 bridgehead atoms. The van der Waals surface area contributed by atoms with Crippen molar-refractivity contribution in [2.45, 2.75) is 84.6 Å². The fourth-order valence-corrected chi connectivity index (χ4v) is 3.36. The molecule has 17 heavy (non-hydrogen) atoms. The Labute approximate surface area is 109 Å². The molecule has 0 aromatic rings. The Morgan fingerprint density at radius 2 is 1.82 bits per heavy atom. The molecule has 0 aromatic carbocycles. The third-order valence-corrected chi connectivity index (χ3v) is 4.30. The van der Waals surface area contributed by atoms with Crippen molar-refractivity contribution in [2.24, 2.45) is 11.8 Å². The summed E-state index contributed by atoms with van der Waals surface area (Å²) < 4.78 is 0. The van der Waals surface area contributed by atoms with Crippen molar-refractivity contribution in [3.63, 3.8) is 0 Å². The second-order valence-electron chi connectivity index (χ2n) is 6.15. The first-order chi connectivity index (χ1) is 8.26. The van der Waals surface area contributed by atoms with Gasteiger partial charge < -0.3 is 5.32 Å². The Bertz CT molecular complexity index is 168. The van der Waals surface area contributed by atoms with Gasteiger partial charge in [-0.25, -0.2) is 0 Å². The van der Waals surface area contributed by atoms with Gasteiger partial charge in [0.05, 0.1) is 0 Å². The summed E-state index contributed by atoms with van der Waals surface area (Å²) in [5.41, 5.74) is 0. The normalized spacial score (nSPS) is 25.4. The van der Waals surface area contributed by atoms with Crippen LogP contribution in [0.15, 0.2) is 0 Å². The van der Waals surface area contributed by atoms with Gasteiger partial charge in [0.1, 0.15) is 0 Å². The molecule has 0 amide bonds. The molecule has 0 radical (unpaired) electrons. The van der Waals surface area contributed by atoms with Gasteiger partial charge in [0, 0.05) is 6.04 Å². The number of nitrogens with one attached hydrogen (secondary N) is 1. The molecule has 2 unspecified atom stereocenters. The highest BCUT2D eigenvalue weighted by Crippen LogP contribution is 2.30. The minimum Gasteiger partial charge on any atom is -0.314 e. The van der Waals surface area contributed by atoms with E-state index in [0.717, 1.165) is 17.9 Å². The van der Waals surface area contributed by atoms with Gasteiger partial charge in [0.2, 0.25) is 0 Å². The van der Waals surface area contributed by atoms with Crippen molar-refractivity contribution >= 4 is 0 Å². The molecule has 1 aliphatic rings. The molecule has 1 aliphatic carbocycles. The van der Waals surface area contributed by atoms with Crippen LogP contribution in [-0.4, -0.2) is 12.6 Å². The Morgan fingerprint density at radius 1 is 1.12 bits per heavy atom. The van der Waals surface area contributed by atoms with E-state index in [0.29, 0.717) is 0 Å². The summed E-state index contributed by atoms with van der Waals surface area (Å²) in [5.74, 6) is 1.99. The van der Waals surface area contributed by atoms with Crippen molar-refractivity contribution in [1.82, 2.24) is 5.32 Å². The average Bonchev–Trinajstić information content (AvgIpc) is 2.30. The van der Waals surface area contributed by atoms with Crippen molar-refractivity contribution in [3.05, 3.63) is 0 Å². The van der Waals surface area contributed by atoms with Gasteiger partial charge in [0.25, 0.3) is 0 Å². The van der Waals surface area contributed by atoms with Crippen molar-refractivity contribution < 1.29 is 0 Å². The third kappa shape index (κ3) is 6.45. The van der Waals surface area contributed by atoms with Gasteiger partial charge >= 0.3 is 0 Å². The lowest BCUT2D eigenvalue weighted by atomic mass is 9.81. The van der Waals surface area contributed by atoms with E-state index in [1.54, 1.807) is 0 Å². The van der Waals surface area contributed by atoms with Crippen LogP contribution in [0.4, 0.5) is 0 Å². The molecule has 1 saturated carbocycles. The molecular formula is C16H33N. The lowest BCUT2D eigenvalue weighted by Crippen LogP contribution is -2.31. The van der Waals surface area contributed by atoms with Gasteiger partial charge in [-0.3, -0.25) is 0 Å². The Balaban J connectivity index is 2.11. The average molecular weight is 239 g/mol. The van der Waals surface area contributed by atoms with Gasteiger partial charge in [-0.15, -0.1) is 0 Å². The van der Waals surface area contributed by atoms with Crippen LogP contribution in [0.2, 0.25) is 0 Å². The third-order valence-electron chi connectivity index (χ3n) is 4.30. The molecule has 0 saturated heterocycles. The van der Waals surface area contributed by atoms with E-state index in [1.165, 1.54) is 64.3 Å². The van der Waals surface area contributed by atoms with E-state index < -0.39 is 0 Å². The van der Waals surface area contributed by atoms with Gasteiger partial charge in [-0.2, -0.15) is 0 Å². The van der Waals surface area contributed by atoms with E-state index >= 15 is 0 Å². The summed E-state index contributed by atoms with van der Waals surface area (Å²) >= 11 is 0. The van der Waals surface area contributed by atoms with Gasteiger partial charge in [-0.1, -0.05) is 52.9 Å². The maximum atomic E-state index is 3.78. The summed E-state index contributed by atoms with van der Waals surface area (Å²) in [4.78, 5) is 0. The first-order valence-electron chi connectivity index (χ1n) is 7.99. The van der Waals surface area contributed by atoms with Gasteiger partial charge in [0.15, 0.2) is 0 Å². The molecule has 0 aliphatic heterocycles. The SMILES string of the molecule is CCCC(CCC)NCCC1CCCC(C)C1. The fraction of sp³-hybridized carbons (Fsp3) is 1.00. The summed E-state index contributed by atoms with van der Waals surface area (Å²) in [7, 11) is 0. The zero-order valence-corrected chi connectivity index (χ0v) is 12.3. The minimum absolute atomic E-state index is 0.783. The molecule has 1 N–H and O–H groups in total. The quantitative estimate of drug-likeness (QED) is 0.644. The van der Waals surface area contributed by atoms with Crippen LogP contribution >= 0.6 is 0 Å². The lowest BCUT2D eigenvalue weighted by molar-refractivity contribution is 0.263. The van der Waals surface area contributed by atoms with Crippen LogP contribution in [0, 0.1) is 11.8 Å². The monoisotopic (exact) mass is 239 g/mol. The van der Waals surface area contributed by atoms with E-state index in [2.05, 4.69) is 26.1 Å². The Morgan fingerprint density at radius 3 is 2.41 bits per heavy atom. The van der Waals surface area contributed by atoms with Crippen LogP contribution in [0.5, 0.6) is 0 Å². The standard InChI is InChI=1S/C16H33N/c1-4-7-16(8-5-2)17-12-11-15-10-6-9-14(3)13-15/h14-17H,4-13H2,1-3H3. The van der Waals surface area contributed by atoms with E-state index in [9.17, 15) is 0 Å². The fourth-order valence-electron chi connectivity index (χ4n) is 3.36. The van der Waals surface area contributed by atoms with Crippen LogP contribution in [0.1, 0.15) is 78.6 Å². The maximum absolute atomic E-state index is 3.78. The van der Waals surface area contributed by atoms with Crippen LogP contribution in [-0.2, 0) is 0 Å². The second-order valence-corrected chi connectivity index (χ2v) is 6.15. The smallest absolute Gasteiger partial charge is 0.00668 e. The highest BCUT2D eigenvalue weighted by Gasteiger charge is 2.18. The summed E-state index contributed by atoms with van der Waals surface area (Å²) in [6, 6.07) is 0.783. The zero-order valence-electron chi connectivity index (χ0n) is 12.3. The van der Waals surface area contributed by atoms with Crippen molar-refractivity contribution in [1.29, 1.82) is 0 Å². The summed E-state index contributed by atoms with van der Waals surface area (Å²) in [5, 5.41) is 3.78. The van der Waals surface area contributed by atoms with E-state index in [1.807, 2.05) is 0 Å². The summed E-state index contributed by atoms with van der Waals surface area (Å²) in [6.45, 7) is 8.28. The molecule has 0 aromatic heterocycles. The van der Waals surface area contributed by atoms with Crippen LogP contribution in [0.3, 0.4) is 0 Å². The van der Waals surface area contributed by atoms with Crippen molar-refractivity contribution in [3.8, 4) is 0 Å². The maximum Gasteiger partial charge on any atom is 0.00668 e. The minimum atomic E-state index is 0.783. The summed E-state index contributed by atoms with van der Waals surface area (Å²) in [6.07, 6.45) is 12.7. The predicted molar refractivity (Wildman–Crippen MR) is 77.3 cm³/mol. The molecule has 0 heterocycles. The molecule has 102 valence electrons. The Kier molecular flexibility index (Phi) is 7.92. The topological polar surface area (TPSA) is 12.0 Å². The van der Waals surface area contributed by atoms with E-state index in [4.69, 9.17) is 0 Å². The van der Waals surface area contributed by atoms with E-state index in [-0.39, 0.29) is 0 Å². The van der Waals surface area contributed by atoms with Crippen molar-refractivity contribution in [2.75, 3.05) is 6.54 Å². The lowest BCUT2D eigenvalue weighted by Gasteiger charge is -2.27. The molecule has 1 heteroatoms. The Hall–Kier alpha value is -0.0400. The molecule has 1 rings (SSSR count). The number of hydrogen-bond donors (Lipinski definition) is 1. The highest BCUT2D eigenvalue weighted by atomic mass is 14.9. The predicted octanol–water partition coefficient (Wildman–Crippen LogP) is 4.76. The zero-order chi connectivity index (χ0) is 12.5. The van der Waals surface area contributed by atoms with Gasteiger partial charge in [-0.05, 0) is 44.1 Å². The first-order valence-corrected chi connectivity index (χ1v) is 7.99. The number of rotatable bonds is 8. The number of hydrogen-bond acceptors (Lipinski definition) is 1. The van der Waals surface area contributed by atoms with Crippen LogP contribution < -0.4 is 5.32 Å². The largest absolute Gasteiger partial charge is 0.314 e. The highest BCUT2D eigenvalue weighted by molar-refractivity contribution is 4.73. The molecule has 2 atom stereocenters. The second kappa shape index (κ2) is 8.97. The molecule has 1 fully saturated rings. The van der Waals surface area contributed by atoms with Crippen LogP contribution in [0.25, 0.3) is 0 Å². The first kappa shape index (κ1) is 15.0.